The summed E-state index contributed by atoms with van der Waals surface area (Å²) in [6.07, 6.45) is 3.08. The molecule has 2 aromatic heterocycles. The fourth-order valence-electron chi connectivity index (χ4n) is 3.68. The molecule has 1 aliphatic rings. The number of nitrogens with one attached hydrogen (secondary N) is 1. The molecule has 2 heterocycles. The van der Waals surface area contributed by atoms with Crippen molar-refractivity contribution < 1.29 is 13.7 Å². The lowest BCUT2D eigenvalue weighted by molar-refractivity contribution is -0.124. The predicted octanol–water partition coefficient (Wildman–Crippen LogP) is 4.87. The molecule has 1 saturated carbocycles. The molecule has 1 aliphatic carbocycles. The quantitative estimate of drug-likeness (QED) is 0.515. The van der Waals surface area contributed by atoms with Crippen LogP contribution in [0.15, 0.2) is 94.1 Å². The van der Waals surface area contributed by atoms with Crippen molar-refractivity contribution >= 4 is 5.91 Å². The molecule has 0 atom stereocenters. The number of carbonyl (C=O) groups is 1. The van der Waals surface area contributed by atoms with E-state index in [4.69, 9.17) is 8.94 Å². The largest absolute Gasteiger partial charge is 0.461 e. The van der Waals surface area contributed by atoms with E-state index in [9.17, 15) is 4.79 Å². The minimum absolute atomic E-state index is 0.0329. The smallest absolute Gasteiger partial charge is 0.233 e. The Morgan fingerprint density at radius 1 is 0.897 bits per heavy atom. The van der Waals surface area contributed by atoms with E-state index in [1.54, 1.807) is 12.3 Å². The zero-order valence-corrected chi connectivity index (χ0v) is 15.7. The molecule has 0 radical (unpaired) electrons. The van der Waals surface area contributed by atoms with Crippen molar-refractivity contribution in [1.29, 1.82) is 0 Å². The number of nitrogens with zero attached hydrogens (tertiary/aromatic N) is 1. The fraction of sp³-hybridized carbons (Fsp3) is 0.167. The zero-order chi connectivity index (χ0) is 19.7. The van der Waals surface area contributed by atoms with Crippen LogP contribution in [0.5, 0.6) is 0 Å². The monoisotopic (exact) mass is 384 g/mol. The van der Waals surface area contributed by atoms with Gasteiger partial charge in [-0.15, -0.1) is 0 Å². The number of aromatic nitrogens is 1. The Balaban J connectivity index is 1.43. The van der Waals surface area contributed by atoms with Gasteiger partial charge in [0.1, 0.15) is 0 Å². The summed E-state index contributed by atoms with van der Waals surface area (Å²) in [5.41, 5.74) is 2.09. The maximum absolute atomic E-state index is 13.4. The molecule has 0 unspecified atom stereocenters. The van der Waals surface area contributed by atoms with Gasteiger partial charge in [-0.2, -0.15) is 0 Å². The Hall–Kier alpha value is -3.60. The first kappa shape index (κ1) is 17.5. The van der Waals surface area contributed by atoms with Crippen LogP contribution in [0.3, 0.4) is 0 Å². The van der Waals surface area contributed by atoms with Crippen molar-refractivity contribution in [2.24, 2.45) is 0 Å². The van der Waals surface area contributed by atoms with Gasteiger partial charge >= 0.3 is 0 Å². The summed E-state index contributed by atoms with van der Waals surface area (Å²) < 4.78 is 10.8. The fourth-order valence-corrected chi connectivity index (χ4v) is 3.68. The SMILES string of the molecule is O=C(NC(c1ccccc1)c1ccccc1)C1(c2cc(-c3ccco3)on2)CC1. The van der Waals surface area contributed by atoms with Gasteiger partial charge in [0.25, 0.3) is 0 Å². The highest BCUT2D eigenvalue weighted by Crippen LogP contribution is 2.49. The van der Waals surface area contributed by atoms with E-state index in [-0.39, 0.29) is 11.9 Å². The van der Waals surface area contributed by atoms with Crippen molar-refractivity contribution in [3.05, 3.63) is 102 Å². The molecule has 1 fully saturated rings. The maximum Gasteiger partial charge on any atom is 0.233 e. The van der Waals surface area contributed by atoms with Crippen LogP contribution in [0.1, 0.15) is 35.7 Å². The third-order valence-corrected chi connectivity index (χ3v) is 5.49. The summed E-state index contributed by atoms with van der Waals surface area (Å²) in [7, 11) is 0. The van der Waals surface area contributed by atoms with Gasteiger partial charge in [0.05, 0.1) is 23.4 Å². The van der Waals surface area contributed by atoms with Gasteiger partial charge in [0, 0.05) is 6.07 Å². The Morgan fingerprint density at radius 3 is 2.10 bits per heavy atom. The van der Waals surface area contributed by atoms with Gasteiger partial charge in [-0.25, -0.2) is 0 Å². The third-order valence-electron chi connectivity index (χ3n) is 5.49. The van der Waals surface area contributed by atoms with Crippen LogP contribution in [0.4, 0.5) is 0 Å². The number of amides is 1. The van der Waals surface area contributed by atoms with E-state index >= 15 is 0 Å². The number of carbonyl (C=O) groups excluding carboxylic acids is 1. The first-order valence-electron chi connectivity index (χ1n) is 9.68. The second-order valence-electron chi connectivity index (χ2n) is 7.36. The summed E-state index contributed by atoms with van der Waals surface area (Å²) in [5.74, 6) is 1.10. The van der Waals surface area contributed by atoms with E-state index in [2.05, 4.69) is 10.5 Å². The van der Waals surface area contributed by atoms with Gasteiger partial charge in [0.15, 0.2) is 5.76 Å². The van der Waals surface area contributed by atoms with E-state index in [0.717, 1.165) is 24.0 Å². The number of hydrogen-bond donors (Lipinski definition) is 1. The summed E-state index contributed by atoms with van der Waals surface area (Å²) >= 11 is 0. The molecule has 5 nitrogen and oxygen atoms in total. The molecule has 4 aromatic rings. The summed E-state index contributed by atoms with van der Waals surface area (Å²) in [6.45, 7) is 0. The first-order chi connectivity index (χ1) is 14.3. The average molecular weight is 384 g/mol. The van der Waals surface area contributed by atoms with Crippen LogP contribution >= 0.6 is 0 Å². The van der Waals surface area contributed by atoms with Gasteiger partial charge < -0.3 is 14.3 Å². The molecule has 29 heavy (non-hydrogen) atoms. The molecular weight excluding hydrogens is 364 g/mol. The number of rotatable bonds is 6. The van der Waals surface area contributed by atoms with Gasteiger partial charge in [0.2, 0.25) is 11.7 Å². The molecule has 2 aromatic carbocycles. The lowest BCUT2D eigenvalue weighted by Crippen LogP contribution is -2.38. The molecule has 5 rings (SSSR count). The van der Waals surface area contributed by atoms with Crippen molar-refractivity contribution in [1.82, 2.24) is 10.5 Å². The summed E-state index contributed by atoms with van der Waals surface area (Å²) in [5, 5.41) is 7.44. The van der Waals surface area contributed by atoms with Crippen molar-refractivity contribution in [3.8, 4) is 11.5 Å². The molecule has 0 saturated heterocycles. The van der Waals surface area contributed by atoms with E-state index < -0.39 is 5.41 Å². The Bertz CT molecular complexity index is 1060. The van der Waals surface area contributed by atoms with Crippen LogP contribution in [0.2, 0.25) is 0 Å². The highest BCUT2D eigenvalue weighted by molar-refractivity contribution is 5.91. The summed E-state index contributed by atoms with van der Waals surface area (Å²) in [4.78, 5) is 13.4. The minimum Gasteiger partial charge on any atom is -0.461 e. The lowest BCUT2D eigenvalue weighted by atomic mass is 9.95. The number of hydrogen-bond acceptors (Lipinski definition) is 4. The Kier molecular flexibility index (Phi) is 4.28. The van der Waals surface area contributed by atoms with E-state index in [0.29, 0.717) is 17.2 Å². The van der Waals surface area contributed by atoms with Gasteiger partial charge in [-0.1, -0.05) is 65.8 Å². The van der Waals surface area contributed by atoms with Crippen molar-refractivity contribution in [2.75, 3.05) is 0 Å². The van der Waals surface area contributed by atoms with Crippen LogP contribution < -0.4 is 5.32 Å². The summed E-state index contributed by atoms with van der Waals surface area (Å²) in [6, 6.07) is 25.2. The van der Waals surface area contributed by atoms with Crippen LogP contribution in [-0.2, 0) is 10.2 Å². The minimum atomic E-state index is -0.643. The van der Waals surface area contributed by atoms with Crippen LogP contribution in [0, 0.1) is 0 Å². The number of benzene rings is 2. The van der Waals surface area contributed by atoms with Crippen LogP contribution in [0.25, 0.3) is 11.5 Å². The Labute approximate surface area is 168 Å². The normalized spacial score (nSPS) is 14.7. The predicted molar refractivity (Wildman–Crippen MR) is 108 cm³/mol. The molecule has 144 valence electrons. The van der Waals surface area contributed by atoms with Crippen molar-refractivity contribution in [3.63, 3.8) is 0 Å². The Morgan fingerprint density at radius 2 is 1.55 bits per heavy atom. The van der Waals surface area contributed by atoms with Gasteiger partial charge in [-0.3, -0.25) is 4.79 Å². The molecular formula is C24H20N2O3. The third kappa shape index (κ3) is 3.25. The van der Waals surface area contributed by atoms with Gasteiger partial charge in [-0.05, 0) is 36.1 Å². The van der Waals surface area contributed by atoms with Crippen LogP contribution in [-0.4, -0.2) is 11.1 Å². The highest BCUT2D eigenvalue weighted by atomic mass is 16.5. The lowest BCUT2D eigenvalue weighted by Gasteiger charge is -2.22. The molecule has 0 aliphatic heterocycles. The highest BCUT2D eigenvalue weighted by Gasteiger charge is 2.54. The van der Waals surface area contributed by atoms with Crippen molar-refractivity contribution in [2.45, 2.75) is 24.3 Å². The molecule has 5 heteroatoms. The van der Waals surface area contributed by atoms with E-state index in [1.165, 1.54) is 0 Å². The first-order valence-corrected chi connectivity index (χ1v) is 9.68. The zero-order valence-electron chi connectivity index (χ0n) is 15.7. The molecule has 0 bridgehead atoms. The van der Waals surface area contributed by atoms with E-state index in [1.807, 2.05) is 72.8 Å². The topological polar surface area (TPSA) is 68.3 Å². The second-order valence-corrected chi connectivity index (χ2v) is 7.36. The molecule has 0 spiro atoms. The standard InChI is InChI=1S/C24H20N2O3/c27-23(24(13-14-24)21-16-20(29-26-21)19-12-7-15-28-19)25-22(17-8-3-1-4-9-17)18-10-5-2-6-11-18/h1-12,15-16,22H,13-14H2,(H,25,27). The number of furan rings is 1. The maximum atomic E-state index is 13.4. The second kappa shape index (κ2) is 7.09. The average Bonchev–Trinajstić information content (AvgIpc) is 3.17. The molecule has 1 N–H and O–H groups in total. The molecule has 1 amide bonds.